The molecule has 1 aromatic rings. The van der Waals surface area contributed by atoms with Crippen LogP contribution in [-0.2, 0) is 9.59 Å². The van der Waals surface area contributed by atoms with Crippen molar-refractivity contribution in [3.05, 3.63) is 17.5 Å². The molecule has 142 valence electrons. The molecule has 1 fully saturated rings. The molecule has 2 aliphatic heterocycles. The molecule has 0 saturated carbocycles. The summed E-state index contributed by atoms with van der Waals surface area (Å²) in [5, 5.41) is 14.1. The lowest BCUT2D eigenvalue weighted by Gasteiger charge is -2.29. The number of carbonyl (C=O) groups excluding carboxylic acids is 2. The Morgan fingerprint density at radius 2 is 2.12 bits per heavy atom. The van der Waals surface area contributed by atoms with Gasteiger partial charge in [-0.1, -0.05) is 32.9 Å². The van der Waals surface area contributed by atoms with Gasteiger partial charge < -0.3 is 14.5 Å². The van der Waals surface area contributed by atoms with E-state index in [0.29, 0.717) is 24.3 Å². The third-order valence-electron chi connectivity index (χ3n) is 5.28. The van der Waals surface area contributed by atoms with Gasteiger partial charge in [0.2, 0.25) is 5.91 Å². The van der Waals surface area contributed by atoms with E-state index in [9.17, 15) is 14.7 Å². The van der Waals surface area contributed by atoms with Crippen LogP contribution in [0.3, 0.4) is 0 Å². The number of aliphatic hydroxyl groups is 1. The van der Waals surface area contributed by atoms with Crippen molar-refractivity contribution in [3.8, 4) is 0 Å². The zero-order valence-electron chi connectivity index (χ0n) is 16.0. The average molecular weight is 361 g/mol. The smallest absolute Gasteiger partial charge is 0.251 e. The van der Waals surface area contributed by atoms with Gasteiger partial charge in [0.15, 0.2) is 0 Å². The quantitative estimate of drug-likeness (QED) is 0.886. The van der Waals surface area contributed by atoms with Crippen molar-refractivity contribution in [1.82, 2.24) is 10.1 Å². The number of hydrogen-bond acceptors (Lipinski definition) is 5. The van der Waals surface area contributed by atoms with Gasteiger partial charge >= 0.3 is 0 Å². The van der Waals surface area contributed by atoms with Crippen LogP contribution in [0.1, 0.15) is 57.9 Å². The van der Waals surface area contributed by atoms with Gasteiger partial charge in [-0.3, -0.25) is 9.59 Å². The number of aliphatic imine (C=N–C) groups is 1. The molecule has 0 radical (unpaired) electrons. The normalized spacial score (nSPS) is 26.5. The van der Waals surface area contributed by atoms with Gasteiger partial charge in [0.1, 0.15) is 11.7 Å². The Labute approximate surface area is 153 Å². The van der Waals surface area contributed by atoms with Crippen LogP contribution in [0.5, 0.6) is 0 Å². The van der Waals surface area contributed by atoms with Crippen molar-refractivity contribution in [1.29, 1.82) is 0 Å². The summed E-state index contributed by atoms with van der Waals surface area (Å²) < 4.78 is 5.36. The molecule has 2 unspecified atom stereocenters. The maximum atomic E-state index is 13.3. The Morgan fingerprint density at radius 3 is 2.62 bits per heavy atom. The first-order valence-corrected chi connectivity index (χ1v) is 9.14. The number of aliphatic hydroxyl groups excluding tert-OH is 1. The zero-order valence-corrected chi connectivity index (χ0v) is 16.0. The maximum Gasteiger partial charge on any atom is 0.251 e. The van der Waals surface area contributed by atoms with Crippen LogP contribution in [0.15, 0.2) is 15.6 Å². The Morgan fingerprint density at radius 1 is 1.42 bits per heavy atom. The van der Waals surface area contributed by atoms with Crippen LogP contribution in [0.2, 0.25) is 0 Å². The molecule has 26 heavy (non-hydrogen) atoms. The van der Waals surface area contributed by atoms with Crippen LogP contribution in [-0.4, -0.2) is 51.4 Å². The van der Waals surface area contributed by atoms with Gasteiger partial charge in [-0.05, 0) is 12.8 Å². The van der Waals surface area contributed by atoms with Crippen molar-refractivity contribution >= 4 is 17.5 Å². The largest absolute Gasteiger partial charge is 0.391 e. The zero-order chi connectivity index (χ0) is 19.2. The summed E-state index contributed by atoms with van der Waals surface area (Å²) in [5.74, 6) is -0.205. The molecule has 0 spiro atoms. The summed E-state index contributed by atoms with van der Waals surface area (Å²) in [4.78, 5) is 31.3. The molecule has 3 heterocycles. The average Bonchev–Trinajstić information content (AvgIpc) is 3.18. The first-order chi connectivity index (χ1) is 12.1. The highest BCUT2D eigenvalue weighted by atomic mass is 16.5. The minimum atomic E-state index is -0.616. The molecule has 3 rings (SSSR count). The van der Waals surface area contributed by atoms with E-state index in [2.05, 4.69) is 10.1 Å². The van der Waals surface area contributed by atoms with Crippen molar-refractivity contribution in [2.75, 3.05) is 6.54 Å². The minimum Gasteiger partial charge on any atom is -0.391 e. The van der Waals surface area contributed by atoms with Crippen molar-refractivity contribution in [3.63, 3.8) is 0 Å². The van der Waals surface area contributed by atoms with E-state index in [0.717, 1.165) is 5.69 Å². The van der Waals surface area contributed by atoms with Crippen molar-refractivity contribution in [2.24, 2.45) is 16.3 Å². The van der Waals surface area contributed by atoms with Crippen LogP contribution < -0.4 is 0 Å². The SMILES string of the molecule is Cc1cc(C(C(=O)N2C[C@H](O)CC2C2=NC(=O)C(C)(C)C2)C(C)C)on1. The van der Waals surface area contributed by atoms with Gasteiger partial charge in [-0.15, -0.1) is 0 Å². The van der Waals surface area contributed by atoms with Crippen molar-refractivity contribution < 1.29 is 19.2 Å². The fourth-order valence-electron chi connectivity index (χ4n) is 3.86. The molecule has 1 N–H and O–H groups in total. The number of aryl methyl sites for hydroxylation is 1. The third kappa shape index (κ3) is 3.32. The van der Waals surface area contributed by atoms with E-state index in [-0.39, 0.29) is 30.3 Å². The highest BCUT2D eigenvalue weighted by Gasteiger charge is 2.46. The molecule has 2 aliphatic rings. The minimum absolute atomic E-state index is 0.0110. The maximum absolute atomic E-state index is 13.3. The Hall–Kier alpha value is -2.02. The van der Waals surface area contributed by atoms with Gasteiger partial charge in [-0.25, -0.2) is 4.99 Å². The van der Waals surface area contributed by atoms with Crippen LogP contribution in [0.4, 0.5) is 0 Å². The molecule has 2 amide bonds. The van der Waals surface area contributed by atoms with Gasteiger partial charge in [0.05, 0.1) is 23.3 Å². The lowest BCUT2D eigenvalue weighted by Crippen LogP contribution is -2.44. The second-order valence-electron chi connectivity index (χ2n) is 8.46. The van der Waals surface area contributed by atoms with E-state index >= 15 is 0 Å². The molecule has 3 atom stereocenters. The molecule has 0 aromatic carbocycles. The molecular formula is C19H27N3O4. The van der Waals surface area contributed by atoms with E-state index in [1.165, 1.54) is 0 Å². The number of amides is 2. The molecule has 7 nitrogen and oxygen atoms in total. The van der Waals surface area contributed by atoms with Crippen LogP contribution >= 0.6 is 0 Å². The predicted octanol–water partition coefficient (Wildman–Crippen LogP) is 2.08. The van der Waals surface area contributed by atoms with E-state index in [1.54, 1.807) is 11.0 Å². The summed E-state index contributed by atoms with van der Waals surface area (Å²) in [6.45, 7) is 9.70. The Kier molecular flexibility index (Phi) is 4.77. The fraction of sp³-hybridized carbons (Fsp3) is 0.684. The van der Waals surface area contributed by atoms with Gasteiger partial charge in [-0.2, -0.15) is 0 Å². The molecule has 1 saturated heterocycles. The summed E-state index contributed by atoms with van der Waals surface area (Å²) in [6, 6.07) is 1.44. The van der Waals surface area contributed by atoms with E-state index < -0.39 is 17.4 Å². The highest BCUT2D eigenvalue weighted by molar-refractivity contribution is 6.09. The fourth-order valence-corrected chi connectivity index (χ4v) is 3.86. The molecule has 1 aromatic heterocycles. The standard InChI is InChI=1S/C19H27N3O4/c1-10(2)16(15-6-11(3)21-26-15)17(24)22-9-12(23)7-14(22)13-8-19(4,5)18(25)20-13/h6,10,12,14,16,23H,7-9H2,1-5H3/t12-,14?,16?/m1/s1. The second-order valence-corrected chi connectivity index (χ2v) is 8.46. The van der Waals surface area contributed by atoms with Crippen LogP contribution in [0, 0.1) is 18.3 Å². The molecule has 7 heteroatoms. The number of aromatic nitrogens is 1. The number of β-amino-alcohol motifs (C(OH)–C–C–N with tert-alkyl or cyclic N) is 1. The molecule has 0 bridgehead atoms. The summed E-state index contributed by atoms with van der Waals surface area (Å²) in [6.07, 6.45) is 0.310. The van der Waals surface area contributed by atoms with E-state index in [4.69, 9.17) is 4.52 Å². The van der Waals surface area contributed by atoms with Crippen molar-refractivity contribution in [2.45, 2.75) is 65.5 Å². The molecule has 0 aliphatic carbocycles. The number of hydrogen-bond donors (Lipinski definition) is 1. The van der Waals surface area contributed by atoms with Gasteiger partial charge in [0, 0.05) is 31.2 Å². The Bertz CT molecular complexity index is 750. The summed E-state index contributed by atoms with van der Waals surface area (Å²) in [7, 11) is 0. The highest BCUT2D eigenvalue weighted by Crippen LogP contribution is 2.36. The monoisotopic (exact) mass is 361 g/mol. The lowest BCUT2D eigenvalue weighted by atomic mass is 9.86. The topological polar surface area (TPSA) is 96.0 Å². The third-order valence-corrected chi connectivity index (χ3v) is 5.28. The first-order valence-electron chi connectivity index (χ1n) is 9.14. The first kappa shape index (κ1) is 18.8. The summed E-state index contributed by atoms with van der Waals surface area (Å²) >= 11 is 0. The second kappa shape index (κ2) is 6.61. The number of likely N-dealkylation sites (tertiary alicyclic amines) is 1. The number of carbonyl (C=O) groups is 2. The Balaban J connectivity index is 1.89. The summed E-state index contributed by atoms with van der Waals surface area (Å²) in [5.41, 5.74) is 0.877. The van der Waals surface area contributed by atoms with E-state index in [1.807, 2.05) is 34.6 Å². The lowest BCUT2D eigenvalue weighted by molar-refractivity contribution is -0.134. The van der Waals surface area contributed by atoms with Crippen LogP contribution in [0.25, 0.3) is 0 Å². The number of nitrogens with zero attached hydrogens (tertiary/aromatic N) is 3. The molecular weight excluding hydrogens is 334 g/mol. The predicted molar refractivity (Wildman–Crippen MR) is 95.8 cm³/mol. The van der Waals surface area contributed by atoms with Gasteiger partial charge in [0.25, 0.3) is 5.91 Å². The number of rotatable bonds is 4.